The predicted molar refractivity (Wildman–Crippen MR) is 138 cm³/mol. The van der Waals surface area contributed by atoms with Crippen molar-refractivity contribution in [3.63, 3.8) is 0 Å². The van der Waals surface area contributed by atoms with Crippen molar-refractivity contribution in [3.05, 3.63) is 77.4 Å². The maximum absolute atomic E-state index is 11.0. The number of fused-ring (bicyclic) bond motifs is 1. The Labute approximate surface area is 207 Å². The van der Waals surface area contributed by atoms with Crippen molar-refractivity contribution >= 4 is 5.97 Å². The molecule has 2 aromatic carbocycles. The lowest BCUT2D eigenvalue weighted by atomic mass is 9.86. The second kappa shape index (κ2) is 11.0. The lowest BCUT2D eigenvalue weighted by Crippen LogP contribution is -2.18. The van der Waals surface area contributed by atoms with E-state index in [-0.39, 0.29) is 17.8 Å². The van der Waals surface area contributed by atoms with Crippen LogP contribution in [0, 0.1) is 0 Å². The lowest BCUT2D eigenvalue weighted by Gasteiger charge is -2.19. The van der Waals surface area contributed by atoms with Crippen LogP contribution in [0.4, 0.5) is 0 Å². The molecule has 0 fully saturated rings. The molecule has 0 saturated carbocycles. The van der Waals surface area contributed by atoms with Gasteiger partial charge >= 0.3 is 5.97 Å². The molecule has 0 bridgehead atoms. The first-order valence-electron chi connectivity index (χ1n) is 12.4. The number of aliphatic carboxylic acids is 1. The highest BCUT2D eigenvalue weighted by Gasteiger charge is 2.24. The highest BCUT2D eigenvalue weighted by atomic mass is 16.5. The van der Waals surface area contributed by atoms with Gasteiger partial charge in [0.25, 0.3) is 0 Å². The van der Waals surface area contributed by atoms with Gasteiger partial charge in [0.2, 0.25) is 0 Å². The predicted octanol–water partition coefficient (Wildman–Crippen LogP) is 5.50. The van der Waals surface area contributed by atoms with Crippen molar-refractivity contribution in [1.29, 1.82) is 0 Å². The van der Waals surface area contributed by atoms with Crippen LogP contribution >= 0.6 is 0 Å². The van der Waals surface area contributed by atoms with E-state index in [0.29, 0.717) is 13.2 Å². The third kappa shape index (κ3) is 6.67. The maximum Gasteiger partial charge on any atom is 0.303 e. The van der Waals surface area contributed by atoms with Crippen molar-refractivity contribution in [2.24, 2.45) is 0 Å². The number of nitrogens with zero attached hydrogens (tertiary/aromatic N) is 2. The van der Waals surface area contributed by atoms with E-state index < -0.39 is 5.97 Å². The SMILES string of the molecule is CC(C)(C)c1ccc(-c2cnc(CNCCCOc3ccc4c(c3)CC[C@H]4CC(=O)O)nc2)cc1. The highest BCUT2D eigenvalue weighted by molar-refractivity contribution is 5.68. The summed E-state index contributed by atoms with van der Waals surface area (Å²) in [5.74, 6) is 1.03. The topological polar surface area (TPSA) is 84.3 Å². The zero-order chi connectivity index (χ0) is 24.8. The van der Waals surface area contributed by atoms with Crippen LogP contribution in [0.1, 0.15) is 68.5 Å². The van der Waals surface area contributed by atoms with E-state index in [1.807, 2.05) is 24.5 Å². The number of carboxylic acids is 1. The van der Waals surface area contributed by atoms with Gasteiger partial charge in [0.1, 0.15) is 11.6 Å². The summed E-state index contributed by atoms with van der Waals surface area (Å²) in [7, 11) is 0. The normalized spacial score (nSPS) is 15.1. The number of aromatic nitrogens is 2. The molecule has 0 radical (unpaired) electrons. The molecule has 4 rings (SSSR count). The number of rotatable bonds is 10. The molecule has 1 heterocycles. The summed E-state index contributed by atoms with van der Waals surface area (Å²) in [4.78, 5) is 20.0. The fourth-order valence-corrected chi connectivity index (χ4v) is 4.54. The number of aryl methyl sites for hydroxylation is 1. The Morgan fingerprint density at radius 1 is 1.09 bits per heavy atom. The first-order chi connectivity index (χ1) is 16.8. The van der Waals surface area contributed by atoms with Crippen molar-refractivity contribution in [2.45, 2.75) is 64.3 Å². The van der Waals surface area contributed by atoms with Gasteiger partial charge in [-0.2, -0.15) is 0 Å². The molecule has 3 aromatic rings. The van der Waals surface area contributed by atoms with Crippen LogP contribution in [0.15, 0.2) is 54.9 Å². The minimum atomic E-state index is -0.733. The molecule has 0 spiro atoms. The largest absolute Gasteiger partial charge is 0.494 e. The zero-order valence-electron chi connectivity index (χ0n) is 20.9. The van der Waals surface area contributed by atoms with Crippen LogP contribution in [0.3, 0.4) is 0 Å². The van der Waals surface area contributed by atoms with Gasteiger partial charge in [0, 0.05) is 18.0 Å². The molecule has 6 heteroatoms. The molecule has 1 atom stereocenters. The number of hydrogen-bond donors (Lipinski definition) is 2. The molecule has 1 aliphatic rings. The van der Waals surface area contributed by atoms with Crippen LogP contribution < -0.4 is 10.1 Å². The third-order valence-corrected chi connectivity index (χ3v) is 6.58. The van der Waals surface area contributed by atoms with Crippen LogP contribution in [-0.4, -0.2) is 34.2 Å². The quantitative estimate of drug-likeness (QED) is 0.378. The highest BCUT2D eigenvalue weighted by Crippen LogP contribution is 2.37. The molecule has 0 unspecified atom stereocenters. The Kier molecular flexibility index (Phi) is 7.81. The molecule has 0 saturated heterocycles. The Morgan fingerprint density at radius 3 is 2.51 bits per heavy atom. The van der Waals surface area contributed by atoms with E-state index in [1.54, 1.807) is 0 Å². The van der Waals surface area contributed by atoms with E-state index in [1.165, 1.54) is 11.1 Å². The molecular formula is C29H35N3O3. The van der Waals surface area contributed by atoms with Gasteiger partial charge in [-0.15, -0.1) is 0 Å². The molecular weight excluding hydrogens is 438 g/mol. The minimum Gasteiger partial charge on any atom is -0.494 e. The standard InChI is InChI=1S/C29H35N3O3/c1-29(2,3)24-9-7-20(8-10-24)23-17-31-27(32-18-23)19-30-13-4-14-35-25-11-12-26-21(15-25)5-6-22(26)16-28(33)34/h7-12,15,17-18,22,30H,4-6,13-14,16,19H2,1-3H3,(H,33,34)/t22-/m0/s1. The van der Waals surface area contributed by atoms with E-state index in [2.05, 4.69) is 66.4 Å². The van der Waals surface area contributed by atoms with Crippen molar-refractivity contribution < 1.29 is 14.6 Å². The number of hydrogen-bond acceptors (Lipinski definition) is 5. The van der Waals surface area contributed by atoms with Gasteiger partial charge in [-0.1, -0.05) is 51.1 Å². The lowest BCUT2D eigenvalue weighted by molar-refractivity contribution is -0.137. The molecule has 1 aromatic heterocycles. The Hall–Kier alpha value is -3.25. The van der Waals surface area contributed by atoms with Crippen LogP contribution in [0.2, 0.25) is 0 Å². The van der Waals surface area contributed by atoms with E-state index in [9.17, 15) is 4.79 Å². The Balaban J connectivity index is 1.17. The molecule has 184 valence electrons. The third-order valence-electron chi connectivity index (χ3n) is 6.58. The van der Waals surface area contributed by atoms with Crippen molar-refractivity contribution in [3.8, 4) is 16.9 Å². The maximum atomic E-state index is 11.0. The average molecular weight is 474 g/mol. The van der Waals surface area contributed by atoms with Gasteiger partial charge in [-0.25, -0.2) is 9.97 Å². The number of ether oxygens (including phenoxy) is 1. The van der Waals surface area contributed by atoms with E-state index in [0.717, 1.165) is 54.1 Å². The Morgan fingerprint density at radius 2 is 1.83 bits per heavy atom. The number of nitrogens with one attached hydrogen (secondary N) is 1. The van der Waals surface area contributed by atoms with Crippen LogP contribution in [0.5, 0.6) is 5.75 Å². The van der Waals surface area contributed by atoms with Gasteiger partial charge in [-0.3, -0.25) is 4.79 Å². The van der Waals surface area contributed by atoms with E-state index in [4.69, 9.17) is 9.84 Å². The first-order valence-corrected chi connectivity index (χ1v) is 12.4. The van der Waals surface area contributed by atoms with Crippen LogP contribution in [-0.2, 0) is 23.2 Å². The molecule has 6 nitrogen and oxygen atoms in total. The first kappa shape index (κ1) is 24.9. The molecule has 2 N–H and O–H groups in total. The van der Waals surface area contributed by atoms with Gasteiger partial charge in [-0.05, 0) is 71.5 Å². The summed E-state index contributed by atoms with van der Waals surface area (Å²) < 4.78 is 5.91. The fraction of sp³-hybridized carbons (Fsp3) is 0.414. The van der Waals surface area contributed by atoms with Gasteiger partial charge in [0.05, 0.1) is 19.6 Å². The molecule has 0 aliphatic heterocycles. The van der Waals surface area contributed by atoms with Crippen molar-refractivity contribution in [1.82, 2.24) is 15.3 Å². The molecule has 1 aliphatic carbocycles. The van der Waals surface area contributed by atoms with Crippen molar-refractivity contribution in [2.75, 3.05) is 13.2 Å². The second-order valence-corrected chi connectivity index (χ2v) is 10.3. The van der Waals surface area contributed by atoms with Gasteiger partial charge < -0.3 is 15.2 Å². The summed E-state index contributed by atoms with van der Waals surface area (Å²) in [5.41, 5.74) is 5.98. The summed E-state index contributed by atoms with van der Waals surface area (Å²) in [5, 5.41) is 12.4. The monoisotopic (exact) mass is 473 g/mol. The average Bonchev–Trinajstić information content (AvgIpc) is 3.22. The minimum absolute atomic E-state index is 0.131. The molecule has 0 amide bonds. The summed E-state index contributed by atoms with van der Waals surface area (Å²) in [6, 6.07) is 14.7. The Bertz CT molecular complexity index is 1140. The zero-order valence-corrected chi connectivity index (χ0v) is 20.9. The number of carbonyl (C=O) groups is 1. The summed E-state index contributed by atoms with van der Waals surface area (Å²) in [6.07, 6.45) is 6.67. The number of benzene rings is 2. The summed E-state index contributed by atoms with van der Waals surface area (Å²) in [6.45, 7) is 8.69. The van der Waals surface area contributed by atoms with E-state index >= 15 is 0 Å². The summed E-state index contributed by atoms with van der Waals surface area (Å²) >= 11 is 0. The second-order valence-electron chi connectivity index (χ2n) is 10.3. The molecule has 35 heavy (non-hydrogen) atoms. The van der Waals surface area contributed by atoms with Gasteiger partial charge in [0.15, 0.2) is 0 Å². The number of carboxylic acid groups (broad SMARTS) is 1. The smallest absolute Gasteiger partial charge is 0.303 e. The van der Waals surface area contributed by atoms with Crippen LogP contribution in [0.25, 0.3) is 11.1 Å². The fourth-order valence-electron chi connectivity index (χ4n) is 4.54.